The van der Waals surface area contributed by atoms with Crippen molar-refractivity contribution < 1.29 is 14.7 Å². The van der Waals surface area contributed by atoms with E-state index in [1.54, 1.807) is 6.07 Å². The van der Waals surface area contributed by atoms with E-state index in [4.69, 9.17) is 18.2 Å². The molecule has 4 nitrogen and oxygen atoms in total. The van der Waals surface area contributed by atoms with E-state index in [0.29, 0.717) is 39.2 Å². The van der Waals surface area contributed by atoms with Gasteiger partial charge in [-0.2, -0.15) is 0 Å². The SMILES string of the molecule is [2H]C([2H])([2H])C([2H])(c1ccc(-n2c(-c3cc(C(C)(C)C)cc(C(C)(C)C)c3O)nc3c(-c4cc(-c5ccccc5)cc(-c5cc(-c6ccccc6)ccn5)c4)cccc32)c(-c2ccccc2)c1)C([2H])([2H])[2H]. The van der Waals surface area contributed by atoms with E-state index >= 15 is 0 Å². The fourth-order valence-electron chi connectivity index (χ4n) is 8.43. The largest absolute Gasteiger partial charge is 0.507 e. The molecule has 4 heteroatoms. The average Bonchev–Trinajstić information content (AvgIpc) is 3.72. The molecule has 2 heterocycles. The lowest BCUT2D eigenvalue weighted by molar-refractivity contribution is 0.446. The maximum atomic E-state index is 12.6. The Hall–Kier alpha value is -7.04. The summed E-state index contributed by atoms with van der Waals surface area (Å²) in [7, 11) is 0. The fourth-order valence-corrected chi connectivity index (χ4v) is 8.43. The first-order valence-corrected chi connectivity index (χ1v) is 21.4. The number of hydrogen-bond acceptors (Lipinski definition) is 3. The number of rotatable bonds is 8. The highest BCUT2D eigenvalue weighted by Crippen LogP contribution is 2.46. The van der Waals surface area contributed by atoms with Gasteiger partial charge < -0.3 is 5.11 Å². The number of pyridine rings is 1. The van der Waals surface area contributed by atoms with Gasteiger partial charge in [0.2, 0.25) is 0 Å². The Morgan fingerprint density at radius 1 is 0.540 bits per heavy atom. The second kappa shape index (κ2) is 16.3. The monoisotopic (exact) mass is 828 g/mol. The van der Waals surface area contributed by atoms with Crippen LogP contribution in [0.2, 0.25) is 0 Å². The van der Waals surface area contributed by atoms with Gasteiger partial charge in [0.25, 0.3) is 0 Å². The van der Waals surface area contributed by atoms with Crippen molar-refractivity contribution in [2.45, 2.75) is 72.0 Å². The molecule has 63 heavy (non-hydrogen) atoms. The molecule has 0 fully saturated rings. The van der Waals surface area contributed by atoms with E-state index in [0.717, 1.165) is 55.8 Å². The lowest BCUT2D eigenvalue weighted by Gasteiger charge is -2.27. The van der Waals surface area contributed by atoms with Crippen LogP contribution in [0.1, 0.15) is 87.4 Å². The van der Waals surface area contributed by atoms with Crippen molar-refractivity contribution in [3.63, 3.8) is 0 Å². The number of phenolic OH excluding ortho intramolecular Hbond substituents is 1. The number of phenols is 1. The molecule has 0 spiro atoms. The third-order valence-electron chi connectivity index (χ3n) is 11.8. The predicted octanol–water partition coefficient (Wildman–Crippen LogP) is 15.8. The molecule has 9 aromatic rings. The van der Waals surface area contributed by atoms with Crippen LogP contribution in [0.3, 0.4) is 0 Å². The van der Waals surface area contributed by atoms with Crippen molar-refractivity contribution in [3.05, 3.63) is 193 Å². The van der Waals surface area contributed by atoms with Crippen LogP contribution in [-0.4, -0.2) is 19.6 Å². The summed E-state index contributed by atoms with van der Waals surface area (Å²) in [6, 6.07) is 55.0. The molecule has 0 amide bonds. The first kappa shape index (κ1) is 33.6. The predicted molar refractivity (Wildman–Crippen MR) is 265 cm³/mol. The average molecular weight is 829 g/mol. The van der Waals surface area contributed by atoms with Gasteiger partial charge in [0.15, 0.2) is 0 Å². The summed E-state index contributed by atoms with van der Waals surface area (Å²) in [6.07, 6.45) is 1.84. The zero-order valence-electron chi connectivity index (χ0n) is 43.5. The van der Waals surface area contributed by atoms with Crippen molar-refractivity contribution in [1.29, 1.82) is 0 Å². The van der Waals surface area contributed by atoms with Crippen molar-refractivity contribution in [2.75, 3.05) is 0 Å². The van der Waals surface area contributed by atoms with Gasteiger partial charge in [-0.15, -0.1) is 0 Å². The van der Waals surface area contributed by atoms with Crippen LogP contribution in [-0.2, 0) is 10.8 Å². The maximum absolute atomic E-state index is 12.6. The van der Waals surface area contributed by atoms with Gasteiger partial charge >= 0.3 is 0 Å². The number of benzene rings is 7. The van der Waals surface area contributed by atoms with Gasteiger partial charge in [-0.3, -0.25) is 9.55 Å². The van der Waals surface area contributed by atoms with Gasteiger partial charge in [-0.25, -0.2) is 4.98 Å². The van der Waals surface area contributed by atoms with Gasteiger partial charge in [-0.05, 0) is 116 Å². The van der Waals surface area contributed by atoms with Gasteiger partial charge in [0.05, 0.1) is 28.0 Å². The number of para-hydroxylation sites is 1. The first-order chi connectivity index (χ1) is 33.0. The molecule has 1 N–H and O–H groups in total. The van der Waals surface area contributed by atoms with Crippen LogP contribution in [0.15, 0.2) is 176 Å². The van der Waals surface area contributed by atoms with Crippen LogP contribution in [0.5, 0.6) is 5.75 Å². The summed E-state index contributed by atoms with van der Waals surface area (Å²) in [5.74, 6) is -2.46. The van der Waals surface area contributed by atoms with Gasteiger partial charge in [0, 0.05) is 38.0 Å². The lowest BCUT2D eigenvalue weighted by Crippen LogP contribution is -2.17. The summed E-state index contributed by atoms with van der Waals surface area (Å²) in [5, 5.41) is 12.6. The van der Waals surface area contributed by atoms with Gasteiger partial charge in [-0.1, -0.05) is 171 Å². The molecule has 0 aliphatic rings. The summed E-state index contributed by atoms with van der Waals surface area (Å²) < 4.78 is 61.6. The third kappa shape index (κ3) is 8.10. The Labute approximate surface area is 382 Å². The number of imidazole rings is 1. The second-order valence-electron chi connectivity index (χ2n) is 18.3. The molecule has 0 aliphatic heterocycles. The van der Waals surface area contributed by atoms with Crippen molar-refractivity contribution in [1.82, 2.24) is 14.5 Å². The van der Waals surface area contributed by atoms with E-state index in [1.165, 1.54) is 12.1 Å². The zero-order chi connectivity index (χ0) is 50.0. The highest BCUT2D eigenvalue weighted by molar-refractivity contribution is 5.98. The Morgan fingerprint density at radius 3 is 1.83 bits per heavy atom. The number of aromatic hydroxyl groups is 1. The quantitative estimate of drug-likeness (QED) is 0.166. The van der Waals surface area contributed by atoms with Crippen LogP contribution < -0.4 is 0 Å². The van der Waals surface area contributed by atoms with E-state index in [2.05, 4.69) is 96.1 Å². The van der Waals surface area contributed by atoms with Crippen LogP contribution >= 0.6 is 0 Å². The molecule has 0 atom stereocenters. The van der Waals surface area contributed by atoms with Gasteiger partial charge in [0.1, 0.15) is 11.6 Å². The summed E-state index contributed by atoms with van der Waals surface area (Å²) in [4.78, 5) is 10.4. The van der Waals surface area contributed by atoms with Crippen LogP contribution in [0.4, 0.5) is 0 Å². The normalized spacial score (nSPS) is 14.2. The minimum Gasteiger partial charge on any atom is -0.507 e. The van der Waals surface area contributed by atoms with Crippen LogP contribution in [0.25, 0.3) is 83.9 Å². The molecule has 0 unspecified atom stereocenters. The minimum absolute atomic E-state index is 0.0733. The summed E-state index contributed by atoms with van der Waals surface area (Å²) in [5.41, 5.74) is 11.7. The van der Waals surface area contributed by atoms with E-state index in [1.807, 2.05) is 108 Å². The molecule has 0 saturated heterocycles. The summed E-state index contributed by atoms with van der Waals surface area (Å²) in [6.45, 7) is 6.19. The fraction of sp³-hybridized carbons (Fsp3) is 0.186. The van der Waals surface area contributed by atoms with Crippen molar-refractivity contribution >= 4 is 11.0 Å². The van der Waals surface area contributed by atoms with Crippen molar-refractivity contribution in [3.8, 4) is 78.6 Å². The Bertz CT molecular complexity index is 3370. The second-order valence-corrected chi connectivity index (χ2v) is 18.3. The number of fused-ring (bicyclic) bond motifs is 1. The molecule has 0 aliphatic carbocycles. The van der Waals surface area contributed by atoms with Crippen LogP contribution in [0, 0.1) is 0 Å². The van der Waals surface area contributed by atoms with E-state index in [9.17, 15) is 6.48 Å². The molecular formula is C59H55N3O. The Kier molecular flexibility index (Phi) is 8.71. The Morgan fingerprint density at radius 2 is 1.17 bits per heavy atom. The maximum Gasteiger partial charge on any atom is 0.149 e. The third-order valence-corrected chi connectivity index (χ3v) is 11.8. The molecule has 0 radical (unpaired) electrons. The number of aromatic nitrogens is 3. The molecular weight excluding hydrogens is 767 g/mol. The molecule has 0 bridgehead atoms. The zero-order valence-corrected chi connectivity index (χ0v) is 36.5. The Balaban J connectivity index is 1.39. The van der Waals surface area contributed by atoms with E-state index in [-0.39, 0.29) is 16.7 Å². The molecule has 7 aromatic carbocycles. The van der Waals surface area contributed by atoms with E-state index < -0.39 is 25.0 Å². The van der Waals surface area contributed by atoms with Crippen molar-refractivity contribution in [2.24, 2.45) is 0 Å². The molecule has 2 aromatic heterocycles. The highest BCUT2D eigenvalue weighted by Gasteiger charge is 2.29. The molecule has 312 valence electrons. The highest BCUT2D eigenvalue weighted by atomic mass is 16.3. The standard InChI is InChI=1S/C59H55N3O/c1-38(2)42-27-28-53(49(34-42)41-23-16-11-17-24-41)62-54-26-18-25-48(55(54)61-57(62)50-36-47(58(3,4)5)37-51(56(50)63)59(6,7)8)45-31-44(40-21-14-10-15-22-40)32-46(33-45)52-35-43(29-30-60-52)39-19-12-9-13-20-39/h9-38,63H,1-8H3/i1D3,2D3,38D. The topological polar surface area (TPSA) is 50.9 Å². The first-order valence-electron chi connectivity index (χ1n) is 24.9. The lowest BCUT2D eigenvalue weighted by atomic mass is 9.79. The minimum atomic E-state index is -3.20. The molecule has 0 saturated carbocycles. The number of nitrogens with zero attached hydrogens (tertiary/aromatic N) is 3. The number of hydrogen-bond donors (Lipinski definition) is 1. The molecule has 9 rings (SSSR count). The smallest absolute Gasteiger partial charge is 0.149 e. The summed E-state index contributed by atoms with van der Waals surface area (Å²) >= 11 is 0.